The van der Waals surface area contributed by atoms with E-state index in [2.05, 4.69) is 16.2 Å². The van der Waals surface area contributed by atoms with Crippen LogP contribution in [0.5, 0.6) is 5.75 Å². The van der Waals surface area contributed by atoms with Gasteiger partial charge >= 0.3 is 0 Å². The molecule has 2 aromatic carbocycles. The predicted octanol–water partition coefficient (Wildman–Crippen LogP) is 3.04. The van der Waals surface area contributed by atoms with Crippen molar-refractivity contribution in [3.05, 3.63) is 59.7 Å². The number of anilines is 1. The number of ether oxygens (including phenoxy) is 1. The van der Waals surface area contributed by atoms with Crippen molar-refractivity contribution < 1.29 is 9.53 Å². The molecular weight excluding hydrogens is 436 g/mol. The molecule has 2 aliphatic rings. The van der Waals surface area contributed by atoms with Crippen LogP contribution < -0.4 is 25.8 Å². The van der Waals surface area contributed by atoms with Crippen LogP contribution in [0.2, 0.25) is 0 Å². The highest BCUT2D eigenvalue weighted by Crippen LogP contribution is 2.32. The van der Waals surface area contributed by atoms with Gasteiger partial charge in [-0.25, -0.2) is 10.4 Å². The van der Waals surface area contributed by atoms with Gasteiger partial charge in [-0.15, -0.1) is 0 Å². The van der Waals surface area contributed by atoms with Crippen molar-refractivity contribution in [2.24, 2.45) is 10.9 Å². The van der Waals surface area contributed by atoms with Gasteiger partial charge in [-0.2, -0.15) is 0 Å². The van der Waals surface area contributed by atoms with Crippen molar-refractivity contribution in [1.82, 2.24) is 16.2 Å². The van der Waals surface area contributed by atoms with Gasteiger partial charge in [0.25, 0.3) is 0 Å². The molecule has 1 amide bonds. The van der Waals surface area contributed by atoms with Gasteiger partial charge < -0.3 is 10.1 Å². The summed E-state index contributed by atoms with van der Waals surface area (Å²) in [6, 6.07) is 15.8. The van der Waals surface area contributed by atoms with Crippen LogP contribution in [-0.4, -0.2) is 41.5 Å². The Balaban J connectivity index is 1.47. The molecule has 4 N–H and O–H groups in total. The van der Waals surface area contributed by atoms with E-state index in [1.54, 1.807) is 0 Å². The molecule has 2 aromatic rings. The maximum Gasteiger partial charge on any atom is 0.230 e. The fourth-order valence-electron chi connectivity index (χ4n) is 3.89. The lowest BCUT2D eigenvalue weighted by Gasteiger charge is -2.36. The van der Waals surface area contributed by atoms with Gasteiger partial charge in [0.15, 0.2) is 5.17 Å². The zero-order chi connectivity index (χ0) is 23.4. The maximum atomic E-state index is 12.5. The molecule has 0 aliphatic carbocycles. The first kappa shape index (κ1) is 23.3. The number of hydrogen-bond donors (Lipinski definition) is 4. The van der Waals surface area contributed by atoms with E-state index in [4.69, 9.17) is 15.1 Å². The standard InChI is InChI=1S/C24H30N6O2S/c1-4-32-19-11-9-18(10-12-19)30-22(25)21-16(3)28-29-23(21)27-24(30)33-14-20(31)26-13-17-7-5-15(2)6-8-17/h5-12,16,21,23,25,28-29H,4,13-14H2,1-3H3,(H,26,31). The van der Waals surface area contributed by atoms with Crippen LogP contribution >= 0.6 is 11.8 Å². The summed E-state index contributed by atoms with van der Waals surface area (Å²) in [6.45, 7) is 7.10. The Labute approximate surface area is 198 Å². The number of amidine groups is 2. The summed E-state index contributed by atoms with van der Waals surface area (Å²) in [6.07, 6.45) is -0.232. The number of aliphatic imine (C=N–C) groups is 1. The Morgan fingerprint density at radius 3 is 2.61 bits per heavy atom. The van der Waals surface area contributed by atoms with E-state index in [-0.39, 0.29) is 29.8 Å². The summed E-state index contributed by atoms with van der Waals surface area (Å²) in [5.74, 6) is 1.27. The minimum absolute atomic E-state index is 0.0702. The van der Waals surface area contributed by atoms with E-state index in [1.165, 1.54) is 17.3 Å². The first-order valence-electron chi connectivity index (χ1n) is 11.1. The number of aryl methyl sites for hydroxylation is 1. The largest absolute Gasteiger partial charge is 0.494 e. The Kier molecular flexibility index (Phi) is 7.32. The van der Waals surface area contributed by atoms with Gasteiger partial charge in [0.1, 0.15) is 17.8 Å². The topological polar surface area (TPSA) is 102 Å². The molecule has 8 nitrogen and oxygen atoms in total. The monoisotopic (exact) mass is 466 g/mol. The highest BCUT2D eigenvalue weighted by atomic mass is 32.2. The molecule has 2 heterocycles. The molecule has 174 valence electrons. The summed E-state index contributed by atoms with van der Waals surface area (Å²) in [5, 5.41) is 12.5. The van der Waals surface area contributed by atoms with Crippen molar-refractivity contribution in [2.75, 3.05) is 17.3 Å². The van der Waals surface area contributed by atoms with E-state index in [9.17, 15) is 4.79 Å². The zero-order valence-corrected chi connectivity index (χ0v) is 19.9. The number of hydrazine groups is 1. The second kappa shape index (κ2) is 10.4. The number of carbonyl (C=O) groups is 1. The number of rotatable bonds is 7. The first-order valence-corrected chi connectivity index (χ1v) is 12.1. The van der Waals surface area contributed by atoms with E-state index < -0.39 is 0 Å². The number of benzene rings is 2. The molecule has 9 heteroatoms. The minimum Gasteiger partial charge on any atom is -0.494 e. The van der Waals surface area contributed by atoms with Crippen molar-refractivity contribution in [2.45, 2.75) is 39.5 Å². The van der Waals surface area contributed by atoms with Gasteiger partial charge in [0.2, 0.25) is 5.91 Å². The van der Waals surface area contributed by atoms with Gasteiger partial charge in [0, 0.05) is 18.3 Å². The third-order valence-corrected chi connectivity index (χ3v) is 6.64. The van der Waals surface area contributed by atoms with E-state index >= 15 is 0 Å². The van der Waals surface area contributed by atoms with Crippen molar-refractivity contribution in [1.29, 1.82) is 5.41 Å². The van der Waals surface area contributed by atoms with Crippen molar-refractivity contribution in [3.8, 4) is 5.75 Å². The van der Waals surface area contributed by atoms with Crippen LogP contribution in [0.1, 0.15) is 25.0 Å². The molecule has 0 aromatic heterocycles. The van der Waals surface area contributed by atoms with E-state index in [0.29, 0.717) is 24.2 Å². The van der Waals surface area contributed by atoms with Crippen LogP contribution in [-0.2, 0) is 11.3 Å². The lowest BCUT2D eigenvalue weighted by atomic mass is 9.97. The van der Waals surface area contributed by atoms with Gasteiger partial charge in [0.05, 0.1) is 18.3 Å². The normalized spacial score (nSPS) is 22.0. The molecule has 2 aliphatic heterocycles. The summed E-state index contributed by atoms with van der Waals surface area (Å²) >= 11 is 1.34. The molecule has 1 saturated heterocycles. The Hall–Kier alpha value is -2.88. The number of carbonyl (C=O) groups excluding carboxylic acids is 1. The lowest BCUT2D eigenvalue weighted by molar-refractivity contribution is -0.118. The Morgan fingerprint density at radius 1 is 1.18 bits per heavy atom. The van der Waals surface area contributed by atoms with E-state index in [0.717, 1.165) is 17.0 Å². The molecule has 0 saturated carbocycles. The van der Waals surface area contributed by atoms with Crippen LogP contribution in [0, 0.1) is 18.3 Å². The number of hydrogen-bond acceptors (Lipinski definition) is 7. The molecule has 0 spiro atoms. The minimum atomic E-state index is -0.232. The first-order chi connectivity index (χ1) is 16.0. The predicted molar refractivity (Wildman–Crippen MR) is 134 cm³/mol. The molecule has 33 heavy (non-hydrogen) atoms. The fraction of sp³-hybridized carbons (Fsp3) is 0.375. The highest BCUT2D eigenvalue weighted by Gasteiger charge is 2.43. The third-order valence-electron chi connectivity index (χ3n) is 5.68. The maximum absolute atomic E-state index is 12.5. The second-order valence-electron chi connectivity index (χ2n) is 8.16. The van der Waals surface area contributed by atoms with Crippen molar-refractivity contribution in [3.63, 3.8) is 0 Å². The zero-order valence-electron chi connectivity index (χ0n) is 19.1. The third kappa shape index (κ3) is 5.38. The number of amides is 1. The Bertz CT molecular complexity index is 1020. The van der Waals surface area contributed by atoms with Crippen LogP contribution in [0.15, 0.2) is 53.5 Å². The van der Waals surface area contributed by atoms with Crippen molar-refractivity contribution >= 4 is 34.4 Å². The smallest absolute Gasteiger partial charge is 0.230 e. The van der Waals surface area contributed by atoms with Crippen LogP contribution in [0.25, 0.3) is 0 Å². The number of nitrogens with zero attached hydrogens (tertiary/aromatic N) is 2. The second-order valence-corrected chi connectivity index (χ2v) is 9.10. The highest BCUT2D eigenvalue weighted by molar-refractivity contribution is 8.14. The Morgan fingerprint density at radius 2 is 1.91 bits per heavy atom. The molecule has 3 unspecified atom stereocenters. The fourth-order valence-corrected chi connectivity index (χ4v) is 4.78. The lowest BCUT2D eigenvalue weighted by Crippen LogP contribution is -2.50. The van der Waals surface area contributed by atoms with Crippen LogP contribution in [0.3, 0.4) is 0 Å². The average Bonchev–Trinajstić information content (AvgIpc) is 3.19. The summed E-state index contributed by atoms with van der Waals surface area (Å²) in [4.78, 5) is 19.2. The molecule has 0 bridgehead atoms. The molecule has 1 fully saturated rings. The van der Waals surface area contributed by atoms with Gasteiger partial charge in [-0.05, 0) is 50.6 Å². The number of fused-ring (bicyclic) bond motifs is 1. The molecule has 3 atom stereocenters. The number of nitrogens with one attached hydrogen (secondary N) is 4. The van der Waals surface area contributed by atoms with E-state index in [1.807, 2.05) is 74.2 Å². The summed E-state index contributed by atoms with van der Waals surface area (Å²) < 4.78 is 5.56. The van der Waals surface area contributed by atoms with Gasteiger partial charge in [-0.1, -0.05) is 41.6 Å². The molecule has 4 rings (SSSR count). The summed E-state index contributed by atoms with van der Waals surface area (Å²) in [7, 11) is 0. The quantitative estimate of drug-likeness (QED) is 0.500. The van der Waals surface area contributed by atoms with Crippen LogP contribution in [0.4, 0.5) is 5.69 Å². The average molecular weight is 467 g/mol. The molecular formula is C24H30N6O2S. The summed E-state index contributed by atoms with van der Waals surface area (Å²) in [5.41, 5.74) is 9.43. The number of thioether (sulfide) groups is 1. The molecule has 0 radical (unpaired) electrons. The SMILES string of the molecule is CCOc1ccc(N2C(=N)C3C(C)NNC3N=C2SCC(=O)NCc2ccc(C)cc2)cc1. The van der Waals surface area contributed by atoms with Gasteiger partial charge in [-0.3, -0.25) is 20.5 Å².